The molecule has 1 aromatic carbocycles. The highest BCUT2D eigenvalue weighted by atomic mass is 35.5. The van der Waals surface area contributed by atoms with Crippen LogP contribution in [0, 0.1) is 15.5 Å². The molecule has 7 nitrogen and oxygen atoms in total. The van der Waals surface area contributed by atoms with Crippen molar-refractivity contribution in [3.05, 3.63) is 61.4 Å². The van der Waals surface area contributed by atoms with Crippen molar-refractivity contribution in [3.8, 4) is 0 Å². The number of halogens is 1. The third-order valence-electron chi connectivity index (χ3n) is 5.50. The van der Waals surface area contributed by atoms with Gasteiger partial charge in [0.25, 0.3) is 5.69 Å². The Labute approximate surface area is 173 Å². The molecule has 0 fully saturated rings. The third kappa shape index (κ3) is 3.67. The lowest BCUT2D eigenvalue weighted by atomic mass is 9.67. The second kappa shape index (κ2) is 7.63. The fourth-order valence-corrected chi connectivity index (χ4v) is 4.13. The monoisotopic (exact) mass is 418 g/mol. The van der Waals surface area contributed by atoms with Gasteiger partial charge < -0.3 is 10.1 Å². The smallest absolute Gasteiger partial charge is 0.336 e. The molecule has 2 aliphatic rings. The van der Waals surface area contributed by atoms with Crippen LogP contribution in [0.5, 0.6) is 0 Å². The van der Waals surface area contributed by atoms with Crippen molar-refractivity contribution in [2.75, 3.05) is 6.61 Å². The molecule has 0 radical (unpaired) electrons. The van der Waals surface area contributed by atoms with Crippen molar-refractivity contribution in [3.63, 3.8) is 0 Å². The lowest BCUT2D eigenvalue weighted by Crippen LogP contribution is -2.40. The van der Waals surface area contributed by atoms with Crippen molar-refractivity contribution < 1.29 is 19.2 Å². The van der Waals surface area contributed by atoms with E-state index in [1.54, 1.807) is 19.9 Å². The second-order valence-corrected chi connectivity index (χ2v) is 8.30. The summed E-state index contributed by atoms with van der Waals surface area (Å²) in [4.78, 5) is 37.0. The first-order valence-electron chi connectivity index (χ1n) is 9.45. The molecule has 1 aliphatic heterocycles. The van der Waals surface area contributed by atoms with Crippen molar-refractivity contribution in [1.29, 1.82) is 0 Å². The molecule has 1 heterocycles. The van der Waals surface area contributed by atoms with Crippen molar-refractivity contribution >= 4 is 29.0 Å². The van der Waals surface area contributed by atoms with Gasteiger partial charge >= 0.3 is 5.97 Å². The quantitative estimate of drug-likeness (QED) is 0.441. The molecule has 1 atom stereocenters. The van der Waals surface area contributed by atoms with Crippen LogP contribution in [0.15, 0.2) is 40.7 Å². The summed E-state index contributed by atoms with van der Waals surface area (Å²) in [5, 5.41) is 14.6. The first kappa shape index (κ1) is 21.0. The molecule has 0 saturated heterocycles. The highest BCUT2D eigenvalue weighted by molar-refractivity contribution is 6.32. The molecule has 0 saturated carbocycles. The van der Waals surface area contributed by atoms with Crippen LogP contribution in [-0.2, 0) is 14.3 Å². The summed E-state index contributed by atoms with van der Waals surface area (Å²) < 4.78 is 5.24. The maximum atomic E-state index is 13.4. The molecule has 0 bridgehead atoms. The zero-order valence-electron chi connectivity index (χ0n) is 16.8. The molecule has 0 aromatic heterocycles. The fourth-order valence-electron chi connectivity index (χ4n) is 3.94. The van der Waals surface area contributed by atoms with Crippen LogP contribution in [-0.4, -0.2) is 23.3 Å². The maximum absolute atomic E-state index is 13.4. The summed E-state index contributed by atoms with van der Waals surface area (Å²) in [6.07, 6.45) is 1.32. The van der Waals surface area contributed by atoms with E-state index in [1.807, 2.05) is 13.8 Å². The highest BCUT2D eigenvalue weighted by Crippen LogP contribution is 2.47. The van der Waals surface area contributed by atoms with E-state index in [0.29, 0.717) is 29.7 Å². The van der Waals surface area contributed by atoms with Crippen LogP contribution in [0.4, 0.5) is 5.69 Å². The van der Waals surface area contributed by atoms with E-state index in [1.165, 1.54) is 12.1 Å². The van der Waals surface area contributed by atoms with Crippen LogP contribution in [0.3, 0.4) is 0 Å². The predicted molar refractivity (Wildman–Crippen MR) is 108 cm³/mol. The average molecular weight is 419 g/mol. The number of benzene rings is 1. The molecule has 1 N–H and O–H groups in total. The zero-order valence-corrected chi connectivity index (χ0v) is 17.6. The predicted octanol–water partition coefficient (Wildman–Crippen LogP) is 4.42. The molecule has 29 heavy (non-hydrogen) atoms. The lowest BCUT2D eigenvalue weighted by Gasteiger charge is -2.39. The Morgan fingerprint density at radius 1 is 1.41 bits per heavy atom. The molecule has 1 aliphatic carbocycles. The Bertz CT molecular complexity index is 977. The zero-order chi connectivity index (χ0) is 21.5. The number of nitro groups is 1. The largest absolute Gasteiger partial charge is 0.463 e. The number of nitrogens with zero attached hydrogens (tertiary/aromatic N) is 1. The Morgan fingerprint density at radius 2 is 2.10 bits per heavy atom. The Morgan fingerprint density at radius 3 is 2.72 bits per heavy atom. The van der Waals surface area contributed by atoms with Crippen LogP contribution in [0.1, 0.15) is 52.0 Å². The third-order valence-corrected chi connectivity index (χ3v) is 5.82. The summed E-state index contributed by atoms with van der Waals surface area (Å²) in [7, 11) is 0. The van der Waals surface area contributed by atoms with Gasteiger partial charge in [-0.15, -0.1) is 0 Å². The summed E-state index contributed by atoms with van der Waals surface area (Å²) >= 11 is 5.98. The van der Waals surface area contributed by atoms with Crippen LogP contribution in [0.2, 0.25) is 5.02 Å². The number of hydrogen-bond donors (Lipinski definition) is 1. The first-order chi connectivity index (χ1) is 13.6. The summed E-state index contributed by atoms with van der Waals surface area (Å²) in [5.41, 5.74) is 1.68. The minimum atomic E-state index is -0.756. The Kier molecular flexibility index (Phi) is 5.54. The van der Waals surface area contributed by atoms with Gasteiger partial charge in [-0.05, 0) is 38.3 Å². The molecular formula is C21H23ClN2O5. The first-order valence-corrected chi connectivity index (χ1v) is 9.83. The standard InChI is InChI=1S/C21H23ClN2O5/c1-5-29-20(26)16-11(2)23-14-8-9-21(3,4)19(25)18(14)17(16)12-6-7-13(22)15(10-12)24(27)28/h6-7,10,17,23H,5,8-9H2,1-4H3. The van der Waals surface area contributed by atoms with E-state index in [0.717, 1.165) is 5.70 Å². The Hall–Kier alpha value is -2.67. The lowest BCUT2D eigenvalue weighted by molar-refractivity contribution is -0.384. The SMILES string of the molecule is CCOC(=O)C1=C(C)NC2=C(C(=O)C(C)(C)CC2)C1c1ccc(Cl)c([N+](=O)[O-])c1. The van der Waals surface area contributed by atoms with Gasteiger partial charge in [0.2, 0.25) is 0 Å². The second-order valence-electron chi connectivity index (χ2n) is 7.89. The molecule has 3 rings (SSSR count). The van der Waals surface area contributed by atoms with E-state index >= 15 is 0 Å². The number of nitro benzene ring substituents is 1. The molecule has 8 heteroatoms. The van der Waals surface area contributed by atoms with Gasteiger partial charge in [-0.25, -0.2) is 4.79 Å². The number of ether oxygens (including phenoxy) is 1. The molecular weight excluding hydrogens is 396 g/mol. The number of nitrogens with one attached hydrogen (secondary N) is 1. The van der Waals surface area contributed by atoms with Crippen LogP contribution in [0.25, 0.3) is 0 Å². The average Bonchev–Trinajstić information content (AvgIpc) is 2.64. The number of carbonyl (C=O) groups is 2. The van der Waals surface area contributed by atoms with E-state index in [4.69, 9.17) is 16.3 Å². The van der Waals surface area contributed by atoms with E-state index < -0.39 is 22.2 Å². The topological polar surface area (TPSA) is 98.5 Å². The minimum Gasteiger partial charge on any atom is -0.463 e. The van der Waals surface area contributed by atoms with E-state index in [2.05, 4.69) is 5.32 Å². The van der Waals surface area contributed by atoms with E-state index in [-0.39, 0.29) is 28.7 Å². The number of dihydropyridines is 1. The maximum Gasteiger partial charge on any atom is 0.336 e. The van der Waals surface area contributed by atoms with Crippen molar-refractivity contribution in [2.24, 2.45) is 5.41 Å². The van der Waals surface area contributed by atoms with Gasteiger partial charge in [-0.3, -0.25) is 14.9 Å². The summed E-state index contributed by atoms with van der Waals surface area (Å²) in [6.45, 7) is 7.36. The van der Waals surface area contributed by atoms with Gasteiger partial charge in [-0.2, -0.15) is 0 Å². The molecule has 0 spiro atoms. The normalized spacial score (nSPS) is 20.9. The number of hydrogen-bond acceptors (Lipinski definition) is 6. The summed E-state index contributed by atoms with van der Waals surface area (Å²) in [5.74, 6) is -1.39. The number of rotatable bonds is 4. The molecule has 1 aromatic rings. The number of esters is 1. The number of allylic oxidation sites excluding steroid dienone is 3. The minimum absolute atomic E-state index is 0.00410. The van der Waals surface area contributed by atoms with Gasteiger partial charge in [0.05, 0.1) is 17.1 Å². The van der Waals surface area contributed by atoms with Gasteiger partial charge in [0.15, 0.2) is 5.78 Å². The number of Topliss-reactive ketones (excluding diaryl/α,β-unsaturated/α-hetero) is 1. The highest BCUT2D eigenvalue weighted by Gasteiger charge is 2.45. The Balaban J connectivity index is 2.25. The van der Waals surface area contributed by atoms with Gasteiger partial charge in [0.1, 0.15) is 5.02 Å². The fraction of sp³-hybridized carbons (Fsp3) is 0.429. The van der Waals surface area contributed by atoms with E-state index in [9.17, 15) is 19.7 Å². The van der Waals surface area contributed by atoms with Crippen molar-refractivity contribution in [1.82, 2.24) is 5.32 Å². The molecule has 0 amide bonds. The summed E-state index contributed by atoms with van der Waals surface area (Å²) in [6, 6.07) is 4.38. The molecule has 1 unspecified atom stereocenters. The van der Waals surface area contributed by atoms with Crippen LogP contribution < -0.4 is 5.32 Å². The van der Waals surface area contributed by atoms with Gasteiger partial charge in [-0.1, -0.05) is 31.5 Å². The van der Waals surface area contributed by atoms with Crippen LogP contribution >= 0.6 is 11.6 Å². The molecule has 154 valence electrons. The number of carbonyl (C=O) groups excluding carboxylic acids is 2. The van der Waals surface area contributed by atoms with Gasteiger partial charge in [0, 0.05) is 34.4 Å². The van der Waals surface area contributed by atoms with Crippen molar-refractivity contribution in [2.45, 2.75) is 46.5 Å². The number of ketones is 1.